The highest BCUT2D eigenvalue weighted by molar-refractivity contribution is 6.13. The molecule has 3 N–H and O–H groups in total. The summed E-state index contributed by atoms with van der Waals surface area (Å²) in [5.41, 5.74) is 16.0. The Bertz CT molecular complexity index is 2980. The molecule has 0 spiro atoms. The van der Waals surface area contributed by atoms with Crippen LogP contribution in [0.4, 0.5) is 0 Å². The highest BCUT2D eigenvalue weighted by Gasteiger charge is 2.20. The van der Waals surface area contributed by atoms with Crippen molar-refractivity contribution < 1.29 is 0 Å². The van der Waals surface area contributed by atoms with Crippen molar-refractivity contribution in [3.8, 4) is 27.9 Å². The Morgan fingerprint density at radius 1 is 0.418 bits per heavy atom. The maximum absolute atomic E-state index is 9.01. The maximum Gasteiger partial charge on any atom is 0.138 e. The minimum absolute atomic E-state index is 0.348. The zero-order valence-corrected chi connectivity index (χ0v) is 30.0. The fraction of sp³-hybridized carbons (Fsp3) is 0.0200. The molecule has 0 saturated carbocycles. The third-order valence-electron chi connectivity index (χ3n) is 10.6. The summed E-state index contributed by atoms with van der Waals surface area (Å²) in [5, 5.41) is 17.3. The van der Waals surface area contributed by atoms with Gasteiger partial charge in [-0.3, -0.25) is 15.5 Å². The average molecular weight is 708 g/mol. The van der Waals surface area contributed by atoms with Gasteiger partial charge in [-0.05, 0) is 82.4 Å². The molecular formula is C50H37N5. The van der Waals surface area contributed by atoms with E-state index in [4.69, 9.17) is 5.41 Å². The van der Waals surface area contributed by atoms with Crippen LogP contribution in [0.2, 0.25) is 0 Å². The Morgan fingerprint density at radius 3 is 1.53 bits per heavy atom. The van der Waals surface area contributed by atoms with E-state index >= 15 is 0 Å². The Balaban J connectivity index is 1.13. The summed E-state index contributed by atoms with van der Waals surface area (Å²) in [6.07, 6.45) is -0.384. The van der Waals surface area contributed by atoms with Crippen molar-refractivity contribution >= 4 is 49.4 Å². The summed E-state index contributed by atoms with van der Waals surface area (Å²) in [4.78, 5) is 0. The normalized spacial score (nSPS) is 12.0. The summed E-state index contributed by atoms with van der Waals surface area (Å²) < 4.78 is 4.54. The number of hydrogen-bond donors (Lipinski definition) is 3. The molecule has 8 aromatic carbocycles. The van der Waals surface area contributed by atoms with E-state index in [1.807, 2.05) is 48.5 Å². The van der Waals surface area contributed by atoms with E-state index in [0.717, 1.165) is 49.7 Å². The molecule has 0 bridgehead atoms. The largest absolute Gasteiger partial charge is 0.345 e. The van der Waals surface area contributed by atoms with Gasteiger partial charge in [0.15, 0.2) is 0 Å². The molecule has 10 aromatic rings. The first kappa shape index (κ1) is 32.3. The molecule has 2 heterocycles. The third-order valence-corrected chi connectivity index (χ3v) is 10.6. The van der Waals surface area contributed by atoms with Gasteiger partial charge in [0.05, 0.1) is 22.1 Å². The first-order valence-electron chi connectivity index (χ1n) is 18.6. The van der Waals surface area contributed by atoms with Crippen LogP contribution < -0.4 is 10.7 Å². The smallest absolute Gasteiger partial charge is 0.138 e. The molecule has 1 atom stereocenters. The maximum atomic E-state index is 9.01. The predicted molar refractivity (Wildman–Crippen MR) is 230 cm³/mol. The molecule has 0 amide bonds. The first-order chi connectivity index (χ1) is 27.2. The molecule has 55 heavy (non-hydrogen) atoms. The number of nitrogens with zero attached hydrogens (tertiary/aromatic N) is 2. The fourth-order valence-electron chi connectivity index (χ4n) is 7.96. The second-order valence-corrected chi connectivity index (χ2v) is 13.9. The van der Waals surface area contributed by atoms with E-state index in [9.17, 15) is 0 Å². The van der Waals surface area contributed by atoms with Crippen LogP contribution in [0.1, 0.15) is 17.3 Å². The van der Waals surface area contributed by atoms with Gasteiger partial charge in [0.25, 0.3) is 0 Å². The van der Waals surface area contributed by atoms with Gasteiger partial charge >= 0.3 is 0 Å². The second kappa shape index (κ2) is 13.6. The van der Waals surface area contributed by atoms with Gasteiger partial charge in [0, 0.05) is 32.8 Å². The molecule has 262 valence electrons. The van der Waals surface area contributed by atoms with Crippen molar-refractivity contribution in [2.75, 3.05) is 5.43 Å². The van der Waals surface area contributed by atoms with Crippen LogP contribution in [0, 0.1) is 5.41 Å². The number of aromatic nitrogens is 2. The molecule has 0 aliphatic heterocycles. The van der Waals surface area contributed by atoms with Crippen molar-refractivity contribution in [3.63, 3.8) is 0 Å². The van der Waals surface area contributed by atoms with Crippen molar-refractivity contribution in [1.82, 2.24) is 14.6 Å². The molecule has 0 fully saturated rings. The number of fused-ring (bicyclic) bond motifs is 6. The fourth-order valence-corrected chi connectivity index (χ4v) is 7.96. The number of rotatable bonds is 8. The Morgan fingerprint density at radius 2 is 0.891 bits per heavy atom. The van der Waals surface area contributed by atoms with Crippen LogP contribution in [0.25, 0.3) is 71.6 Å². The summed E-state index contributed by atoms with van der Waals surface area (Å²) in [7, 11) is 0. The lowest BCUT2D eigenvalue weighted by molar-refractivity contribution is 0.655. The molecular weight excluding hydrogens is 671 g/mol. The number of para-hydroxylation sites is 2. The van der Waals surface area contributed by atoms with Gasteiger partial charge in [-0.15, -0.1) is 0 Å². The zero-order valence-electron chi connectivity index (χ0n) is 30.0. The topological polar surface area (TPSA) is 57.8 Å². The average Bonchev–Trinajstić information content (AvgIpc) is 3.75. The van der Waals surface area contributed by atoms with Crippen LogP contribution in [0.5, 0.6) is 0 Å². The SMILES string of the molecule is N=C(NC(Nn1c2ccc(-c3ccccc3)cc2c2cc(-c3ccc4c(c3)c3ccccc3n4-c3ccccc3)ccc21)c1ccccc1)c1ccccc1. The number of benzene rings is 8. The van der Waals surface area contributed by atoms with E-state index in [2.05, 4.69) is 172 Å². The predicted octanol–water partition coefficient (Wildman–Crippen LogP) is 12.1. The van der Waals surface area contributed by atoms with Crippen molar-refractivity contribution in [2.45, 2.75) is 6.17 Å². The van der Waals surface area contributed by atoms with Gasteiger partial charge in [0.2, 0.25) is 0 Å². The molecule has 0 radical (unpaired) electrons. The van der Waals surface area contributed by atoms with Gasteiger partial charge in [-0.2, -0.15) is 0 Å². The van der Waals surface area contributed by atoms with E-state index in [-0.39, 0.29) is 6.17 Å². The first-order valence-corrected chi connectivity index (χ1v) is 18.6. The lowest BCUT2D eigenvalue weighted by Crippen LogP contribution is -2.37. The Hall–Kier alpha value is -7.37. The van der Waals surface area contributed by atoms with Crippen LogP contribution in [0.15, 0.2) is 200 Å². The standard InChI is InChI=1S/C50H37N5/c51-49(35-17-7-2-8-18-35)52-50(36-19-9-3-10-20-36)53-55-47-29-26-37(34-15-5-1-6-16-34)31-43(47)44-33-39(27-30-48(44)55)38-25-28-46-42(32-38)41-23-13-14-24-45(41)54(46)40-21-11-4-12-22-40/h1-33,50,53H,(H2,51,52). The van der Waals surface area contributed by atoms with Gasteiger partial charge in [-0.25, -0.2) is 0 Å². The molecule has 0 saturated heterocycles. The van der Waals surface area contributed by atoms with Crippen LogP contribution in [0.3, 0.4) is 0 Å². The van der Waals surface area contributed by atoms with Gasteiger partial charge in [0.1, 0.15) is 12.0 Å². The van der Waals surface area contributed by atoms with Crippen LogP contribution >= 0.6 is 0 Å². The van der Waals surface area contributed by atoms with E-state index < -0.39 is 0 Å². The van der Waals surface area contributed by atoms with Gasteiger partial charge in [-0.1, -0.05) is 146 Å². The number of hydrogen-bond acceptors (Lipinski definition) is 2. The summed E-state index contributed by atoms with van der Waals surface area (Å²) >= 11 is 0. The quantitative estimate of drug-likeness (QED) is 0.0836. The molecule has 0 aliphatic carbocycles. The minimum Gasteiger partial charge on any atom is -0.345 e. The van der Waals surface area contributed by atoms with E-state index in [1.54, 1.807) is 0 Å². The Labute approximate surface area is 319 Å². The van der Waals surface area contributed by atoms with E-state index in [1.165, 1.54) is 32.9 Å². The van der Waals surface area contributed by atoms with Crippen LogP contribution in [-0.2, 0) is 0 Å². The lowest BCUT2D eigenvalue weighted by Gasteiger charge is -2.25. The molecule has 1 unspecified atom stereocenters. The minimum atomic E-state index is -0.384. The number of nitrogens with one attached hydrogen (secondary N) is 3. The highest BCUT2D eigenvalue weighted by Crippen LogP contribution is 2.38. The van der Waals surface area contributed by atoms with Gasteiger partial charge < -0.3 is 9.88 Å². The summed E-state index contributed by atoms with van der Waals surface area (Å²) in [6, 6.07) is 70.3. The molecule has 0 aliphatic rings. The monoisotopic (exact) mass is 707 g/mol. The molecule has 10 rings (SSSR count). The summed E-state index contributed by atoms with van der Waals surface area (Å²) in [6.45, 7) is 0. The van der Waals surface area contributed by atoms with E-state index in [0.29, 0.717) is 5.84 Å². The van der Waals surface area contributed by atoms with Crippen molar-refractivity contribution in [2.24, 2.45) is 0 Å². The third kappa shape index (κ3) is 5.79. The number of amidine groups is 1. The lowest BCUT2D eigenvalue weighted by atomic mass is 9.99. The zero-order chi connectivity index (χ0) is 36.7. The second-order valence-electron chi connectivity index (χ2n) is 13.9. The molecule has 5 heteroatoms. The molecule has 5 nitrogen and oxygen atoms in total. The van der Waals surface area contributed by atoms with Crippen LogP contribution in [-0.4, -0.2) is 15.1 Å². The summed E-state index contributed by atoms with van der Waals surface area (Å²) in [5.74, 6) is 0.348. The highest BCUT2D eigenvalue weighted by atomic mass is 15.5. The molecule has 2 aromatic heterocycles. The Kier molecular flexibility index (Phi) is 7.96. The van der Waals surface area contributed by atoms with Crippen molar-refractivity contribution in [3.05, 3.63) is 211 Å². The van der Waals surface area contributed by atoms with Crippen molar-refractivity contribution in [1.29, 1.82) is 5.41 Å².